The summed E-state index contributed by atoms with van der Waals surface area (Å²) in [6.45, 7) is 0.532. The molecule has 0 heterocycles. The normalized spacial score (nSPS) is 10.3. The number of benzene rings is 2. The minimum atomic E-state index is -0.221. The number of hydrogen-bond acceptors (Lipinski definition) is 3. The second-order valence-corrected chi connectivity index (χ2v) is 5.16. The highest BCUT2D eigenvalue weighted by Gasteiger charge is 2.06. The number of rotatable bonds is 5. The third-order valence-electron chi connectivity index (χ3n) is 3.05. The van der Waals surface area contributed by atoms with Gasteiger partial charge in [0.25, 0.3) is 0 Å². The van der Waals surface area contributed by atoms with Crippen LogP contribution in [0.4, 0.5) is 0 Å². The van der Waals surface area contributed by atoms with Crippen molar-refractivity contribution in [1.29, 1.82) is 0 Å². The minimum absolute atomic E-state index is 0.131. The molecule has 0 aliphatic carbocycles. The molecule has 0 atom stereocenters. The van der Waals surface area contributed by atoms with Crippen molar-refractivity contribution in [2.45, 2.75) is 12.8 Å². The molecule has 3 N–H and O–H groups in total. The number of phenols is 2. The lowest BCUT2D eigenvalue weighted by molar-refractivity contribution is -0.120. The van der Waals surface area contributed by atoms with Gasteiger partial charge in [0.1, 0.15) is 0 Å². The van der Waals surface area contributed by atoms with Crippen molar-refractivity contribution in [2.24, 2.45) is 0 Å². The zero-order chi connectivity index (χ0) is 15.2. The first-order chi connectivity index (χ1) is 10.0. The summed E-state index contributed by atoms with van der Waals surface area (Å²) >= 11 is 5.80. The lowest BCUT2D eigenvalue weighted by Crippen LogP contribution is -2.27. The summed E-state index contributed by atoms with van der Waals surface area (Å²) in [5.41, 5.74) is 1.75. The molecule has 0 fully saturated rings. The molecule has 21 heavy (non-hydrogen) atoms. The van der Waals surface area contributed by atoms with Crippen molar-refractivity contribution in [1.82, 2.24) is 5.32 Å². The molecule has 0 aliphatic rings. The number of aromatic hydroxyl groups is 2. The highest BCUT2D eigenvalue weighted by Crippen LogP contribution is 2.24. The summed E-state index contributed by atoms with van der Waals surface area (Å²) in [6, 6.07) is 11.8. The van der Waals surface area contributed by atoms with Gasteiger partial charge < -0.3 is 15.5 Å². The average molecular weight is 306 g/mol. The molecule has 2 aromatic carbocycles. The van der Waals surface area contributed by atoms with E-state index < -0.39 is 0 Å². The van der Waals surface area contributed by atoms with Gasteiger partial charge in [0.05, 0.1) is 6.42 Å². The van der Waals surface area contributed by atoms with Gasteiger partial charge in [0.2, 0.25) is 5.91 Å². The number of amides is 1. The van der Waals surface area contributed by atoms with Crippen LogP contribution in [0.1, 0.15) is 11.1 Å². The molecule has 4 nitrogen and oxygen atoms in total. The van der Waals surface area contributed by atoms with E-state index in [1.807, 2.05) is 24.3 Å². The van der Waals surface area contributed by atoms with Crippen LogP contribution in [0.5, 0.6) is 11.5 Å². The van der Waals surface area contributed by atoms with Gasteiger partial charge in [-0.3, -0.25) is 4.79 Å². The smallest absolute Gasteiger partial charge is 0.224 e. The molecule has 0 saturated heterocycles. The summed E-state index contributed by atoms with van der Waals surface area (Å²) in [6.07, 6.45) is 0.887. The molecule has 0 aliphatic heterocycles. The van der Waals surface area contributed by atoms with Crippen LogP contribution < -0.4 is 5.32 Å². The Labute approximate surface area is 128 Å². The SMILES string of the molecule is O=C(Cc1ccc(O)c(O)c1)NCCc1ccc(Cl)cc1. The van der Waals surface area contributed by atoms with Crippen molar-refractivity contribution < 1.29 is 15.0 Å². The zero-order valence-corrected chi connectivity index (χ0v) is 12.1. The number of nitrogens with one attached hydrogen (secondary N) is 1. The molecule has 5 heteroatoms. The summed E-state index contributed by atoms with van der Waals surface area (Å²) < 4.78 is 0. The van der Waals surface area contributed by atoms with Crippen molar-refractivity contribution in [3.63, 3.8) is 0 Å². The number of phenolic OH excluding ortho intramolecular Hbond substituents is 2. The monoisotopic (exact) mass is 305 g/mol. The number of hydrogen-bond donors (Lipinski definition) is 3. The highest BCUT2D eigenvalue weighted by molar-refractivity contribution is 6.30. The molecule has 2 rings (SSSR count). The average Bonchev–Trinajstić information content (AvgIpc) is 2.45. The fourth-order valence-corrected chi connectivity index (χ4v) is 2.05. The lowest BCUT2D eigenvalue weighted by atomic mass is 10.1. The maximum Gasteiger partial charge on any atom is 0.224 e. The number of halogens is 1. The van der Waals surface area contributed by atoms with Crippen molar-refractivity contribution in [3.05, 3.63) is 58.6 Å². The summed E-state index contributed by atoms with van der Waals surface area (Å²) in [5.74, 6) is -0.544. The Balaban J connectivity index is 1.79. The van der Waals surface area contributed by atoms with E-state index in [1.165, 1.54) is 12.1 Å². The zero-order valence-electron chi connectivity index (χ0n) is 11.3. The third kappa shape index (κ3) is 4.68. The maximum absolute atomic E-state index is 11.8. The van der Waals surface area contributed by atoms with E-state index in [0.717, 1.165) is 12.0 Å². The van der Waals surface area contributed by atoms with E-state index in [-0.39, 0.29) is 23.8 Å². The molecule has 0 unspecified atom stereocenters. The fourth-order valence-electron chi connectivity index (χ4n) is 1.92. The van der Waals surface area contributed by atoms with Crippen LogP contribution in [0.25, 0.3) is 0 Å². The van der Waals surface area contributed by atoms with Gasteiger partial charge in [-0.15, -0.1) is 0 Å². The first kappa shape index (κ1) is 15.2. The molecule has 0 saturated carbocycles. The van der Waals surface area contributed by atoms with Gasteiger partial charge >= 0.3 is 0 Å². The molecule has 0 bridgehead atoms. The van der Waals surface area contributed by atoms with Crippen molar-refractivity contribution in [2.75, 3.05) is 6.54 Å². The van der Waals surface area contributed by atoms with Crippen LogP contribution in [0, 0.1) is 0 Å². The van der Waals surface area contributed by atoms with Gasteiger partial charge in [-0.2, -0.15) is 0 Å². The van der Waals surface area contributed by atoms with Crippen LogP contribution in [-0.2, 0) is 17.6 Å². The van der Waals surface area contributed by atoms with Gasteiger partial charge in [-0.1, -0.05) is 29.8 Å². The first-order valence-electron chi connectivity index (χ1n) is 6.56. The molecule has 110 valence electrons. The van der Waals surface area contributed by atoms with Crippen LogP contribution in [0.3, 0.4) is 0 Å². The molecular formula is C16H16ClNO3. The Morgan fingerprint density at radius 2 is 1.67 bits per heavy atom. The third-order valence-corrected chi connectivity index (χ3v) is 3.31. The van der Waals surface area contributed by atoms with E-state index in [1.54, 1.807) is 6.07 Å². The standard InChI is InChI=1S/C16H16ClNO3/c17-13-4-1-11(2-5-13)7-8-18-16(21)10-12-3-6-14(19)15(20)9-12/h1-6,9,19-20H,7-8,10H2,(H,18,21). The van der Waals surface area contributed by atoms with Crippen molar-refractivity contribution >= 4 is 17.5 Å². The quantitative estimate of drug-likeness (QED) is 0.744. The Kier molecular flexibility index (Phi) is 5.06. The number of carbonyl (C=O) groups is 1. The van der Waals surface area contributed by atoms with E-state index in [2.05, 4.69) is 5.32 Å². The maximum atomic E-state index is 11.8. The van der Waals surface area contributed by atoms with Gasteiger partial charge in [-0.25, -0.2) is 0 Å². The van der Waals surface area contributed by atoms with E-state index in [4.69, 9.17) is 11.6 Å². The Bertz CT molecular complexity index is 626. The first-order valence-corrected chi connectivity index (χ1v) is 6.94. The second kappa shape index (κ2) is 6.99. The Morgan fingerprint density at radius 3 is 2.33 bits per heavy atom. The predicted octanol–water partition coefficient (Wildman–Crippen LogP) is 2.65. The predicted molar refractivity (Wildman–Crippen MR) is 81.6 cm³/mol. The van der Waals surface area contributed by atoms with Crippen LogP contribution >= 0.6 is 11.6 Å². The van der Waals surface area contributed by atoms with Crippen LogP contribution in [0.15, 0.2) is 42.5 Å². The fraction of sp³-hybridized carbons (Fsp3) is 0.188. The molecule has 0 spiro atoms. The van der Waals surface area contributed by atoms with Crippen LogP contribution in [0.2, 0.25) is 5.02 Å². The second-order valence-electron chi connectivity index (χ2n) is 4.73. The Hall–Kier alpha value is -2.20. The summed E-state index contributed by atoms with van der Waals surface area (Å²) in [5, 5.41) is 22.1. The largest absolute Gasteiger partial charge is 0.504 e. The lowest BCUT2D eigenvalue weighted by Gasteiger charge is -2.06. The molecule has 0 radical (unpaired) electrons. The highest BCUT2D eigenvalue weighted by atomic mass is 35.5. The van der Waals surface area contributed by atoms with Gasteiger partial charge in [-0.05, 0) is 41.8 Å². The molecular weight excluding hydrogens is 290 g/mol. The number of carbonyl (C=O) groups excluding carboxylic acids is 1. The van der Waals surface area contributed by atoms with Crippen LogP contribution in [-0.4, -0.2) is 22.7 Å². The topological polar surface area (TPSA) is 69.6 Å². The van der Waals surface area contributed by atoms with E-state index >= 15 is 0 Å². The molecule has 1 amide bonds. The Morgan fingerprint density at radius 1 is 1.00 bits per heavy atom. The van der Waals surface area contributed by atoms with Gasteiger partial charge in [0, 0.05) is 11.6 Å². The van der Waals surface area contributed by atoms with Crippen molar-refractivity contribution in [3.8, 4) is 11.5 Å². The van der Waals surface area contributed by atoms with E-state index in [0.29, 0.717) is 17.1 Å². The minimum Gasteiger partial charge on any atom is -0.504 e. The molecule has 2 aromatic rings. The summed E-state index contributed by atoms with van der Waals surface area (Å²) in [7, 11) is 0. The van der Waals surface area contributed by atoms with E-state index in [9.17, 15) is 15.0 Å². The summed E-state index contributed by atoms with van der Waals surface area (Å²) in [4.78, 5) is 11.8. The molecule has 0 aromatic heterocycles. The van der Waals surface area contributed by atoms with Gasteiger partial charge in [0.15, 0.2) is 11.5 Å².